The van der Waals surface area contributed by atoms with Crippen molar-refractivity contribution in [3.05, 3.63) is 96.1 Å². The van der Waals surface area contributed by atoms with E-state index >= 15 is 0 Å². The maximum atomic E-state index is 13.5. The van der Waals surface area contributed by atoms with Gasteiger partial charge in [-0.25, -0.2) is 18.0 Å². The zero-order valence-electron chi connectivity index (χ0n) is 20.8. The number of para-hydroxylation sites is 2. The molecule has 4 aromatic carbocycles. The lowest BCUT2D eigenvalue weighted by Crippen LogP contribution is -2.06. The van der Waals surface area contributed by atoms with Crippen LogP contribution in [0.3, 0.4) is 0 Å². The normalized spacial score (nSPS) is 10.9. The average Bonchev–Trinajstić information content (AvgIpc) is 2.93. The van der Waals surface area contributed by atoms with Gasteiger partial charge < -0.3 is 30.3 Å². The van der Waals surface area contributed by atoms with Gasteiger partial charge in [0.25, 0.3) is 0 Å². The summed E-state index contributed by atoms with van der Waals surface area (Å²) in [5.41, 5.74) is 1.47. The number of anilines is 4. The third kappa shape index (κ3) is 5.63. The number of carboxylic acids is 2. The molecule has 0 bridgehead atoms. The predicted octanol–water partition coefficient (Wildman–Crippen LogP) is 5.42. The summed E-state index contributed by atoms with van der Waals surface area (Å²) in [5.74, 6) is -1.86. The minimum absolute atomic E-state index is 0.0445. The molecular formula is C28H24N2O8S. The largest absolute Gasteiger partial charge is 0.495 e. The van der Waals surface area contributed by atoms with Crippen molar-refractivity contribution >= 4 is 44.5 Å². The van der Waals surface area contributed by atoms with Gasteiger partial charge in [0.05, 0.1) is 57.9 Å². The van der Waals surface area contributed by atoms with Gasteiger partial charge in [-0.05, 0) is 48.5 Å². The molecule has 0 spiro atoms. The summed E-state index contributed by atoms with van der Waals surface area (Å²) in [4.78, 5) is 23.0. The summed E-state index contributed by atoms with van der Waals surface area (Å²) >= 11 is 0. The Morgan fingerprint density at radius 2 is 1.00 bits per heavy atom. The van der Waals surface area contributed by atoms with E-state index in [2.05, 4.69) is 10.6 Å². The van der Waals surface area contributed by atoms with E-state index in [1.54, 1.807) is 36.4 Å². The lowest BCUT2D eigenvalue weighted by Gasteiger charge is -2.16. The highest BCUT2D eigenvalue weighted by molar-refractivity contribution is 7.91. The van der Waals surface area contributed by atoms with Gasteiger partial charge >= 0.3 is 11.9 Å². The molecule has 200 valence electrons. The number of rotatable bonds is 10. The van der Waals surface area contributed by atoms with Crippen molar-refractivity contribution in [2.45, 2.75) is 9.79 Å². The van der Waals surface area contributed by atoms with Crippen LogP contribution in [0.4, 0.5) is 22.7 Å². The highest BCUT2D eigenvalue weighted by Gasteiger charge is 2.22. The molecule has 4 N–H and O–H groups in total. The summed E-state index contributed by atoms with van der Waals surface area (Å²) < 4.78 is 37.8. The van der Waals surface area contributed by atoms with Crippen molar-refractivity contribution in [2.24, 2.45) is 0 Å². The Bertz CT molecular complexity index is 1550. The Morgan fingerprint density at radius 3 is 1.36 bits per heavy atom. The fraction of sp³-hybridized carbons (Fsp3) is 0.0714. The van der Waals surface area contributed by atoms with Gasteiger partial charge in [0, 0.05) is 12.1 Å². The van der Waals surface area contributed by atoms with E-state index in [4.69, 9.17) is 9.47 Å². The van der Waals surface area contributed by atoms with Crippen molar-refractivity contribution in [1.29, 1.82) is 0 Å². The highest BCUT2D eigenvalue weighted by atomic mass is 32.2. The standard InChI is InChI=1S/C28H24N2O8S/c1-37-25-15-17(11-13-23(25)29-21-9-5-3-7-19(21)27(31)32)39(35,36)18-12-14-24(26(16-18)38-2)30-22-10-6-4-8-20(22)28(33)34/h3-16,29-30H,1-2H3,(H,31,32)(H,33,34). The summed E-state index contributed by atoms with van der Waals surface area (Å²) in [6.45, 7) is 0. The second-order valence-electron chi connectivity index (χ2n) is 8.18. The van der Waals surface area contributed by atoms with E-state index in [1.807, 2.05) is 0 Å². The molecule has 10 nitrogen and oxygen atoms in total. The number of carbonyl (C=O) groups is 2. The second-order valence-corrected chi connectivity index (χ2v) is 10.1. The third-order valence-electron chi connectivity index (χ3n) is 5.82. The third-order valence-corrected chi connectivity index (χ3v) is 7.57. The predicted molar refractivity (Wildman–Crippen MR) is 145 cm³/mol. The number of ether oxygens (including phenoxy) is 2. The van der Waals surface area contributed by atoms with Crippen molar-refractivity contribution in [3.63, 3.8) is 0 Å². The fourth-order valence-corrected chi connectivity index (χ4v) is 5.16. The van der Waals surface area contributed by atoms with Gasteiger partial charge in [0.1, 0.15) is 11.5 Å². The lowest BCUT2D eigenvalue weighted by molar-refractivity contribution is 0.0687. The first-order chi connectivity index (χ1) is 18.6. The van der Waals surface area contributed by atoms with Crippen LogP contribution in [0.25, 0.3) is 0 Å². The number of aromatic carboxylic acids is 2. The van der Waals surface area contributed by atoms with Crippen molar-refractivity contribution in [1.82, 2.24) is 0 Å². The maximum absolute atomic E-state index is 13.5. The first-order valence-corrected chi connectivity index (χ1v) is 12.9. The van der Waals surface area contributed by atoms with Crippen LogP contribution in [0.15, 0.2) is 94.7 Å². The average molecular weight is 549 g/mol. The van der Waals surface area contributed by atoms with Crippen molar-refractivity contribution < 1.29 is 37.7 Å². The molecule has 4 rings (SSSR count). The van der Waals surface area contributed by atoms with Crippen LogP contribution in [0.2, 0.25) is 0 Å². The van der Waals surface area contributed by atoms with E-state index in [1.165, 1.54) is 62.8 Å². The number of benzene rings is 4. The quantitative estimate of drug-likeness (QED) is 0.202. The minimum Gasteiger partial charge on any atom is -0.495 e. The van der Waals surface area contributed by atoms with E-state index in [-0.39, 0.29) is 32.4 Å². The molecule has 0 radical (unpaired) electrons. The molecule has 0 unspecified atom stereocenters. The van der Waals surface area contributed by atoms with Crippen LogP contribution in [0.5, 0.6) is 11.5 Å². The first-order valence-electron chi connectivity index (χ1n) is 11.5. The Hall–Kier alpha value is -5.03. The molecular weight excluding hydrogens is 524 g/mol. The van der Waals surface area contributed by atoms with Crippen molar-refractivity contribution in [3.8, 4) is 11.5 Å². The Balaban J connectivity index is 1.67. The molecule has 0 amide bonds. The van der Waals surface area contributed by atoms with Gasteiger partial charge in [-0.15, -0.1) is 0 Å². The first kappa shape index (κ1) is 27.0. The van der Waals surface area contributed by atoms with E-state index in [9.17, 15) is 28.2 Å². The highest BCUT2D eigenvalue weighted by Crippen LogP contribution is 2.36. The van der Waals surface area contributed by atoms with Gasteiger partial charge in [-0.3, -0.25) is 0 Å². The smallest absolute Gasteiger partial charge is 0.337 e. The number of nitrogens with one attached hydrogen (secondary N) is 2. The van der Waals surface area contributed by atoms with Crippen LogP contribution >= 0.6 is 0 Å². The zero-order valence-corrected chi connectivity index (χ0v) is 21.7. The second kappa shape index (κ2) is 11.2. The van der Waals surface area contributed by atoms with Gasteiger partial charge in [0.15, 0.2) is 0 Å². The number of methoxy groups -OCH3 is 2. The summed E-state index contributed by atoms with van der Waals surface area (Å²) in [7, 11) is -1.28. The van der Waals surface area contributed by atoms with E-state index < -0.39 is 21.8 Å². The number of hydrogen-bond donors (Lipinski definition) is 4. The summed E-state index contributed by atoms with van der Waals surface area (Å²) in [6.07, 6.45) is 0. The van der Waals surface area contributed by atoms with Gasteiger partial charge in [-0.2, -0.15) is 0 Å². The molecule has 0 atom stereocenters. The molecule has 0 aliphatic heterocycles. The molecule has 0 aliphatic rings. The molecule has 0 fully saturated rings. The monoisotopic (exact) mass is 548 g/mol. The number of carboxylic acid groups (broad SMARTS) is 2. The van der Waals surface area contributed by atoms with Crippen molar-refractivity contribution in [2.75, 3.05) is 24.9 Å². The van der Waals surface area contributed by atoms with Gasteiger partial charge in [0.2, 0.25) is 9.84 Å². The molecule has 39 heavy (non-hydrogen) atoms. The maximum Gasteiger partial charge on any atom is 0.337 e. The van der Waals surface area contributed by atoms with Crippen LogP contribution < -0.4 is 20.1 Å². The molecule has 0 saturated heterocycles. The summed E-state index contributed by atoms with van der Waals surface area (Å²) in [6, 6.07) is 21.0. The van der Waals surface area contributed by atoms with Crippen LogP contribution in [0, 0.1) is 0 Å². The minimum atomic E-state index is -4.03. The van der Waals surface area contributed by atoms with Crippen LogP contribution in [-0.2, 0) is 9.84 Å². The molecule has 4 aromatic rings. The topological polar surface area (TPSA) is 151 Å². The van der Waals surface area contributed by atoms with Gasteiger partial charge in [-0.1, -0.05) is 24.3 Å². The van der Waals surface area contributed by atoms with E-state index in [0.717, 1.165) is 0 Å². The lowest BCUT2D eigenvalue weighted by atomic mass is 10.1. The number of sulfone groups is 1. The fourth-order valence-electron chi connectivity index (χ4n) is 3.87. The molecule has 0 saturated carbocycles. The Labute approximate surface area is 224 Å². The molecule has 0 aromatic heterocycles. The van der Waals surface area contributed by atoms with E-state index in [0.29, 0.717) is 22.7 Å². The van der Waals surface area contributed by atoms with Crippen LogP contribution in [0.1, 0.15) is 20.7 Å². The zero-order chi connectivity index (χ0) is 28.2. The molecule has 0 heterocycles. The summed E-state index contributed by atoms with van der Waals surface area (Å²) in [5, 5.41) is 24.8. The Kier molecular flexibility index (Phi) is 7.73. The SMILES string of the molecule is COc1cc(S(=O)(=O)c2ccc(Nc3ccccc3C(=O)O)c(OC)c2)ccc1Nc1ccccc1C(=O)O. The molecule has 0 aliphatic carbocycles. The Morgan fingerprint density at radius 1 is 0.615 bits per heavy atom. The molecule has 11 heteroatoms. The number of hydrogen-bond acceptors (Lipinski definition) is 8. The van der Waals surface area contributed by atoms with Crippen LogP contribution in [-0.4, -0.2) is 44.8 Å².